The Balaban J connectivity index is 1.80. The van der Waals surface area contributed by atoms with Gasteiger partial charge < -0.3 is 14.8 Å². The fourth-order valence-electron chi connectivity index (χ4n) is 5.07. The molecule has 1 aromatic carbocycles. The number of ether oxygens (including phenoxy) is 2. The maximum atomic E-state index is 12.8. The van der Waals surface area contributed by atoms with E-state index in [0.717, 1.165) is 74.0 Å². The predicted molar refractivity (Wildman–Crippen MR) is 136 cm³/mol. The summed E-state index contributed by atoms with van der Waals surface area (Å²) >= 11 is 0. The van der Waals surface area contributed by atoms with Gasteiger partial charge in [-0.1, -0.05) is 51.8 Å². The Bertz CT molecular complexity index is 928. The summed E-state index contributed by atoms with van der Waals surface area (Å²) in [6, 6.07) is 4.11. The van der Waals surface area contributed by atoms with Crippen LogP contribution in [-0.4, -0.2) is 18.4 Å². The van der Waals surface area contributed by atoms with Crippen molar-refractivity contribution in [2.45, 2.75) is 91.4 Å². The van der Waals surface area contributed by atoms with E-state index in [2.05, 4.69) is 37.9 Å². The molecular weight excluding hydrogens is 426 g/mol. The van der Waals surface area contributed by atoms with E-state index < -0.39 is 0 Å². The largest absolute Gasteiger partial charge is 0.462 e. The van der Waals surface area contributed by atoms with Gasteiger partial charge in [0.25, 0.3) is 0 Å². The van der Waals surface area contributed by atoms with Crippen molar-refractivity contribution >= 4 is 11.9 Å². The molecule has 0 aromatic heterocycles. The molecule has 1 heterocycles. The molecule has 5 nitrogen and oxygen atoms in total. The number of amides is 1. The zero-order valence-electron chi connectivity index (χ0n) is 21.4. The zero-order valence-corrected chi connectivity index (χ0v) is 21.4. The summed E-state index contributed by atoms with van der Waals surface area (Å²) in [6.45, 7) is 12.8. The standard InChI is InChI=1S/C29H41NO4/c1-6-9-10-11-21-17-25-28(24-16-19(4)12-13-23(24)20(5)33-25)26(18-21)34-27(31)14-15-30-29(32)22(7-2)8-3/h16-18,22-24H,5-15H2,1-4H3,(H,30,32)/t23-,24+/m0/s1. The summed E-state index contributed by atoms with van der Waals surface area (Å²) in [5.74, 6) is 2.11. The Hall–Kier alpha value is -2.56. The molecule has 0 saturated heterocycles. The van der Waals surface area contributed by atoms with Crippen molar-refractivity contribution in [3.8, 4) is 11.5 Å². The molecule has 186 valence electrons. The molecule has 1 N–H and O–H groups in total. The summed E-state index contributed by atoms with van der Waals surface area (Å²) in [5.41, 5.74) is 3.40. The van der Waals surface area contributed by atoms with Crippen LogP contribution in [0.4, 0.5) is 0 Å². The first-order valence-electron chi connectivity index (χ1n) is 13.1. The Morgan fingerprint density at radius 1 is 1.21 bits per heavy atom. The van der Waals surface area contributed by atoms with Crippen LogP contribution in [-0.2, 0) is 16.0 Å². The van der Waals surface area contributed by atoms with E-state index in [9.17, 15) is 9.59 Å². The lowest BCUT2D eigenvalue weighted by molar-refractivity contribution is -0.134. The van der Waals surface area contributed by atoms with Crippen LogP contribution in [0.3, 0.4) is 0 Å². The molecule has 2 atom stereocenters. The summed E-state index contributed by atoms with van der Waals surface area (Å²) < 4.78 is 12.1. The molecule has 0 saturated carbocycles. The minimum Gasteiger partial charge on any atom is -0.462 e. The second kappa shape index (κ2) is 12.2. The minimum absolute atomic E-state index is 0.00525. The van der Waals surface area contributed by atoms with E-state index in [-0.39, 0.29) is 42.6 Å². The zero-order chi connectivity index (χ0) is 24.7. The van der Waals surface area contributed by atoms with Crippen LogP contribution < -0.4 is 14.8 Å². The van der Waals surface area contributed by atoms with Gasteiger partial charge in [0, 0.05) is 29.9 Å². The van der Waals surface area contributed by atoms with Crippen LogP contribution >= 0.6 is 0 Å². The summed E-state index contributed by atoms with van der Waals surface area (Å²) in [5, 5.41) is 2.88. The molecule has 1 amide bonds. The topological polar surface area (TPSA) is 64.6 Å². The maximum absolute atomic E-state index is 12.8. The molecule has 0 unspecified atom stereocenters. The third-order valence-corrected chi connectivity index (χ3v) is 7.18. The minimum atomic E-state index is -0.338. The van der Waals surface area contributed by atoms with Gasteiger partial charge in [0.05, 0.1) is 6.42 Å². The Kier molecular flexibility index (Phi) is 9.37. The first kappa shape index (κ1) is 26.1. The molecular formula is C29H41NO4. The number of hydrogen-bond acceptors (Lipinski definition) is 4. The van der Waals surface area contributed by atoms with Crippen molar-refractivity contribution in [1.29, 1.82) is 0 Å². The number of unbranched alkanes of at least 4 members (excludes halogenated alkanes) is 2. The Labute approximate surface area is 205 Å². The highest BCUT2D eigenvalue weighted by molar-refractivity contribution is 5.79. The van der Waals surface area contributed by atoms with Crippen LogP contribution in [0.15, 0.2) is 36.1 Å². The van der Waals surface area contributed by atoms with Gasteiger partial charge in [0.15, 0.2) is 0 Å². The van der Waals surface area contributed by atoms with E-state index >= 15 is 0 Å². The number of hydrogen-bond donors (Lipinski definition) is 1. The average Bonchev–Trinajstić information content (AvgIpc) is 2.79. The number of carbonyl (C=O) groups excluding carboxylic acids is 2. The van der Waals surface area contributed by atoms with Crippen molar-refractivity contribution in [1.82, 2.24) is 5.32 Å². The first-order chi connectivity index (χ1) is 16.4. The number of aryl methyl sites for hydroxylation is 1. The van der Waals surface area contributed by atoms with Crippen LogP contribution in [0.2, 0.25) is 0 Å². The quantitative estimate of drug-likeness (QED) is 0.172. The second-order valence-electron chi connectivity index (χ2n) is 9.74. The van der Waals surface area contributed by atoms with E-state index in [1.165, 1.54) is 5.57 Å². The number of carbonyl (C=O) groups is 2. The second-order valence-corrected chi connectivity index (χ2v) is 9.74. The normalized spacial score (nSPS) is 19.1. The Morgan fingerprint density at radius 2 is 1.97 bits per heavy atom. The number of fused-ring (bicyclic) bond motifs is 3. The smallest absolute Gasteiger partial charge is 0.312 e. The lowest BCUT2D eigenvalue weighted by Gasteiger charge is -2.37. The van der Waals surface area contributed by atoms with Gasteiger partial charge in [-0.15, -0.1) is 0 Å². The third-order valence-electron chi connectivity index (χ3n) is 7.18. The molecule has 0 spiro atoms. The number of esters is 1. The molecule has 0 fully saturated rings. The summed E-state index contributed by atoms with van der Waals surface area (Å²) in [4.78, 5) is 25.0. The van der Waals surface area contributed by atoms with Gasteiger partial charge in [-0.3, -0.25) is 9.59 Å². The van der Waals surface area contributed by atoms with Crippen molar-refractivity contribution in [3.63, 3.8) is 0 Å². The lowest BCUT2D eigenvalue weighted by Crippen LogP contribution is -2.32. The molecule has 1 aliphatic carbocycles. The average molecular weight is 468 g/mol. The number of benzene rings is 1. The van der Waals surface area contributed by atoms with Crippen LogP contribution in [0, 0.1) is 11.8 Å². The molecule has 0 radical (unpaired) electrons. The molecule has 1 aromatic rings. The van der Waals surface area contributed by atoms with Crippen LogP contribution in [0.25, 0.3) is 0 Å². The van der Waals surface area contributed by atoms with Crippen LogP contribution in [0.5, 0.6) is 11.5 Å². The molecule has 34 heavy (non-hydrogen) atoms. The predicted octanol–water partition coefficient (Wildman–Crippen LogP) is 6.61. The van der Waals surface area contributed by atoms with Crippen LogP contribution in [0.1, 0.15) is 96.1 Å². The van der Waals surface area contributed by atoms with Crippen molar-refractivity contribution < 1.29 is 19.1 Å². The monoisotopic (exact) mass is 467 g/mol. The first-order valence-corrected chi connectivity index (χ1v) is 13.1. The fraction of sp³-hybridized carbons (Fsp3) is 0.586. The number of nitrogens with one attached hydrogen (secondary N) is 1. The van der Waals surface area contributed by atoms with Crippen molar-refractivity contribution in [3.05, 3.63) is 47.2 Å². The van der Waals surface area contributed by atoms with Crippen molar-refractivity contribution in [2.24, 2.45) is 11.8 Å². The lowest BCUT2D eigenvalue weighted by atomic mass is 9.74. The number of allylic oxidation sites excluding steroid dienone is 3. The maximum Gasteiger partial charge on any atom is 0.312 e. The highest BCUT2D eigenvalue weighted by atomic mass is 16.5. The molecule has 0 bridgehead atoms. The van der Waals surface area contributed by atoms with Gasteiger partial charge in [-0.05, 0) is 63.1 Å². The van der Waals surface area contributed by atoms with Crippen molar-refractivity contribution in [2.75, 3.05) is 6.54 Å². The molecule has 1 aliphatic heterocycles. The molecule has 3 rings (SSSR count). The highest BCUT2D eigenvalue weighted by Crippen LogP contribution is 2.51. The van der Waals surface area contributed by atoms with Gasteiger partial charge in [-0.25, -0.2) is 0 Å². The fourth-order valence-corrected chi connectivity index (χ4v) is 5.07. The summed E-state index contributed by atoms with van der Waals surface area (Å²) in [6.07, 6.45) is 10.3. The van der Waals surface area contributed by atoms with E-state index in [4.69, 9.17) is 9.47 Å². The SMILES string of the molecule is C=C1Oc2cc(CCCCC)cc(OC(=O)CCNC(=O)C(CC)CC)c2[C@@H]2C=C(C)CC[C@@H]12. The molecule has 5 heteroatoms. The highest BCUT2D eigenvalue weighted by Gasteiger charge is 2.37. The third kappa shape index (κ3) is 6.31. The van der Waals surface area contributed by atoms with E-state index in [0.29, 0.717) is 5.75 Å². The van der Waals surface area contributed by atoms with Gasteiger partial charge >= 0.3 is 5.97 Å². The van der Waals surface area contributed by atoms with E-state index in [1.807, 2.05) is 19.9 Å². The summed E-state index contributed by atoms with van der Waals surface area (Å²) in [7, 11) is 0. The number of rotatable bonds is 11. The van der Waals surface area contributed by atoms with E-state index in [1.54, 1.807) is 0 Å². The Morgan fingerprint density at radius 3 is 2.68 bits per heavy atom. The van der Waals surface area contributed by atoms with Gasteiger partial charge in [-0.2, -0.15) is 0 Å². The molecule has 2 aliphatic rings. The van der Waals surface area contributed by atoms with Gasteiger partial charge in [0.2, 0.25) is 5.91 Å². The van der Waals surface area contributed by atoms with Gasteiger partial charge in [0.1, 0.15) is 17.3 Å².